The quantitative estimate of drug-likeness (QED) is 0.644. The Labute approximate surface area is 160 Å². The summed E-state index contributed by atoms with van der Waals surface area (Å²) in [6, 6.07) is 11.2. The molecule has 0 aliphatic carbocycles. The molecule has 3 rings (SSSR count). The van der Waals surface area contributed by atoms with Gasteiger partial charge in [0.05, 0.1) is 17.2 Å². The number of rotatable bonds is 6. The highest BCUT2D eigenvalue weighted by Gasteiger charge is 2.09. The number of carbonyl (C=O) groups is 1. The first kappa shape index (κ1) is 18.6. The first-order valence-electron chi connectivity index (χ1n) is 8.13. The smallest absolute Gasteiger partial charge is 0.258 e. The SMILES string of the molecule is CCOc1ccc(NC(=O)c2cnc(Nc3ccc(F)c(Cl)c3)nc2)cc1. The number of nitrogens with zero attached hydrogens (tertiary/aromatic N) is 2. The molecule has 0 saturated carbocycles. The van der Waals surface area contributed by atoms with Crippen molar-refractivity contribution in [2.75, 3.05) is 17.2 Å². The van der Waals surface area contributed by atoms with E-state index in [0.717, 1.165) is 5.75 Å². The van der Waals surface area contributed by atoms with Gasteiger partial charge in [0.15, 0.2) is 0 Å². The van der Waals surface area contributed by atoms with Crippen molar-refractivity contribution in [2.24, 2.45) is 0 Å². The van der Waals surface area contributed by atoms with Crippen LogP contribution in [-0.2, 0) is 0 Å². The van der Waals surface area contributed by atoms with Crippen LogP contribution in [0, 0.1) is 5.82 Å². The second-order valence-corrected chi connectivity index (χ2v) is 5.87. The summed E-state index contributed by atoms with van der Waals surface area (Å²) in [5.74, 6) is 0.144. The van der Waals surface area contributed by atoms with Gasteiger partial charge in [-0.25, -0.2) is 14.4 Å². The van der Waals surface area contributed by atoms with Crippen molar-refractivity contribution < 1.29 is 13.9 Å². The highest BCUT2D eigenvalue weighted by atomic mass is 35.5. The maximum atomic E-state index is 13.2. The second-order valence-electron chi connectivity index (χ2n) is 5.46. The van der Waals surface area contributed by atoms with E-state index in [1.54, 1.807) is 24.3 Å². The van der Waals surface area contributed by atoms with Gasteiger partial charge < -0.3 is 15.4 Å². The largest absolute Gasteiger partial charge is 0.494 e. The number of carbonyl (C=O) groups excluding carboxylic acids is 1. The maximum absolute atomic E-state index is 13.2. The van der Waals surface area contributed by atoms with Gasteiger partial charge in [-0.15, -0.1) is 0 Å². The molecule has 0 aliphatic heterocycles. The van der Waals surface area contributed by atoms with E-state index >= 15 is 0 Å². The third kappa shape index (κ3) is 4.92. The summed E-state index contributed by atoms with van der Waals surface area (Å²) >= 11 is 5.73. The molecule has 1 heterocycles. The lowest BCUT2D eigenvalue weighted by Crippen LogP contribution is -2.13. The van der Waals surface area contributed by atoms with Gasteiger partial charge in [-0.3, -0.25) is 4.79 Å². The molecule has 1 amide bonds. The topological polar surface area (TPSA) is 76.1 Å². The van der Waals surface area contributed by atoms with Gasteiger partial charge >= 0.3 is 0 Å². The second kappa shape index (κ2) is 8.46. The van der Waals surface area contributed by atoms with Crippen LogP contribution < -0.4 is 15.4 Å². The Morgan fingerprint density at radius 2 is 1.78 bits per heavy atom. The molecule has 138 valence electrons. The minimum atomic E-state index is -0.510. The van der Waals surface area contributed by atoms with Gasteiger partial charge in [0.1, 0.15) is 11.6 Å². The fraction of sp³-hybridized carbons (Fsp3) is 0.105. The van der Waals surface area contributed by atoms with Gasteiger partial charge in [0.25, 0.3) is 5.91 Å². The maximum Gasteiger partial charge on any atom is 0.258 e. The Kier molecular flexibility index (Phi) is 5.83. The van der Waals surface area contributed by atoms with Crippen molar-refractivity contribution in [3.8, 4) is 5.75 Å². The minimum absolute atomic E-state index is 0.00801. The number of hydrogen-bond donors (Lipinski definition) is 2. The Balaban J connectivity index is 1.63. The normalized spacial score (nSPS) is 10.3. The number of aromatic nitrogens is 2. The number of amides is 1. The molecule has 0 fully saturated rings. The van der Waals surface area contributed by atoms with E-state index < -0.39 is 5.82 Å². The van der Waals surface area contributed by atoms with E-state index in [2.05, 4.69) is 20.6 Å². The van der Waals surface area contributed by atoms with Crippen LogP contribution in [0.2, 0.25) is 5.02 Å². The molecular formula is C19H16ClFN4O2. The molecule has 8 heteroatoms. The van der Waals surface area contributed by atoms with Crippen molar-refractivity contribution in [3.05, 3.63) is 71.3 Å². The predicted molar refractivity (Wildman–Crippen MR) is 102 cm³/mol. The van der Waals surface area contributed by atoms with Crippen molar-refractivity contribution in [1.82, 2.24) is 9.97 Å². The van der Waals surface area contributed by atoms with Crippen LogP contribution in [0.15, 0.2) is 54.9 Å². The Morgan fingerprint density at radius 3 is 2.41 bits per heavy atom. The van der Waals surface area contributed by atoms with Gasteiger partial charge in [0.2, 0.25) is 5.95 Å². The van der Waals surface area contributed by atoms with E-state index in [9.17, 15) is 9.18 Å². The molecule has 0 radical (unpaired) electrons. The fourth-order valence-corrected chi connectivity index (χ4v) is 2.40. The highest BCUT2D eigenvalue weighted by Crippen LogP contribution is 2.21. The average Bonchev–Trinajstić information content (AvgIpc) is 2.67. The van der Waals surface area contributed by atoms with E-state index in [1.165, 1.54) is 30.6 Å². The first-order valence-corrected chi connectivity index (χ1v) is 8.51. The Morgan fingerprint density at radius 1 is 1.11 bits per heavy atom. The third-order valence-corrected chi connectivity index (χ3v) is 3.80. The van der Waals surface area contributed by atoms with Crippen LogP contribution in [0.1, 0.15) is 17.3 Å². The average molecular weight is 387 g/mol. The molecule has 0 aliphatic rings. The first-order chi connectivity index (χ1) is 13.0. The van der Waals surface area contributed by atoms with Gasteiger partial charge in [-0.1, -0.05) is 11.6 Å². The number of hydrogen-bond acceptors (Lipinski definition) is 5. The summed E-state index contributed by atoms with van der Waals surface area (Å²) in [4.78, 5) is 20.4. The number of halogens is 2. The van der Waals surface area contributed by atoms with Crippen molar-refractivity contribution in [1.29, 1.82) is 0 Å². The molecule has 0 saturated heterocycles. The van der Waals surface area contributed by atoms with Crippen LogP contribution in [-0.4, -0.2) is 22.5 Å². The van der Waals surface area contributed by atoms with Gasteiger partial charge in [0, 0.05) is 23.8 Å². The third-order valence-electron chi connectivity index (χ3n) is 3.51. The standard InChI is InChI=1S/C19H16ClFN4O2/c1-2-27-15-6-3-13(4-7-15)24-18(26)12-10-22-19(23-11-12)25-14-5-8-17(21)16(20)9-14/h3-11H,2H2,1H3,(H,24,26)(H,22,23,25). The zero-order valence-electron chi connectivity index (χ0n) is 14.4. The molecule has 6 nitrogen and oxygen atoms in total. The summed E-state index contributed by atoms with van der Waals surface area (Å²) in [7, 11) is 0. The number of nitrogens with one attached hydrogen (secondary N) is 2. The number of ether oxygens (including phenoxy) is 1. The van der Waals surface area contributed by atoms with Crippen LogP contribution in [0.25, 0.3) is 0 Å². The van der Waals surface area contributed by atoms with Crippen molar-refractivity contribution in [2.45, 2.75) is 6.92 Å². The van der Waals surface area contributed by atoms with E-state index in [-0.39, 0.29) is 16.9 Å². The van der Waals surface area contributed by atoms with Gasteiger partial charge in [-0.05, 0) is 49.4 Å². The number of benzene rings is 2. The van der Waals surface area contributed by atoms with Crippen molar-refractivity contribution in [3.63, 3.8) is 0 Å². The van der Waals surface area contributed by atoms with E-state index in [1.807, 2.05) is 6.92 Å². The van der Waals surface area contributed by atoms with Crippen LogP contribution in [0.4, 0.5) is 21.7 Å². The zero-order chi connectivity index (χ0) is 19.2. The highest BCUT2D eigenvalue weighted by molar-refractivity contribution is 6.31. The summed E-state index contributed by atoms with van der Waals surface area (Å²) in [5, 5.41) is 5.64. The van der Waals surface area contributed by atoms with E-state index in [4.69, 9.17) is 16.3 Å². The fourth-order valence-electron chi connectivity index (χ4n) is 2.22. The van der Waals surface area contributed by atoms with E-state index in [0.29, 0.717) is 23.5 Å². The molecule has 2 N–H and O–H groups in total. The zero-order valence-corrected chi connectivity index (χ0v) is 15.1. The molecule has 0 unspecified atom stereocenters. The summed E-state index contributed by atoms with van der Waals surface area (Å²) in [6.07, 6.45) is 2.79. The van der Waals surface area contributed by atoms with Crippen LogP contribution in [0.5, 0.6) is 5.75 Å². The monoisotopic (exact) mass is 386 g/mol. The minimum Gasteiger partial charge on any atom is -0.494 e. The lowest BCUT2D eigenvalue weighted by atomic mass is 10.2. The molecule has 0 bridgehead atoms. The van der Waals surface area contributed by atoms with Crippen LogP contribution >= 0.6 is 11.6 Å². The Bertz CT molecular complexity index is 933. The summed E-state index contributed by atoms with van der Waals surface area (Å²) < 4.78 is 18.5. The molecule has 2 aromatic carbocycles. The predicted octanol–water partition coefficient (Wildman–Crippen LogP) is 4.66. The Hall–Kier alpha value is -3.19. The molecule has 0 spiro atoms. The number of anilines is 3. The molecule has 0 atom stereocenters. The summed E-state index contributed by atoms with van der Waals surface area (Å²) in [5.41, 5.74) is 1.46. The summed E-state index contributed by atoms with van der Waals surface area (Å²) in [6.45, 7) is 2.48. The van der Waals surface area contributed by atoms with Gasteiger partial charge in [-0.2, -0.15) is 0 Å². The molecule has 27 heavy (non-hydrogen) atoms. The molecular weight excluding hydrogens is 371 g/mol. The van der Waals surface area contributed by atoms with Crippen molar-refractivity contribution >= 4 is 34.8 Å². The molecule has 3 aromatic rings. The lowest BCUT2D eigenvalue weighted by Gasteiger charge is -2.08. The molecule has 1 aromatic heterocycles. The van der Waals surface area contributed by atoms with Crippen LogP contribution in [0.3, 0.4) is 0 Å². The lowest BCUT2D eigenvalue weighted by molar-refractivity contribution is 0.102.